The summed E-state index contributed by atoms with van der Waals surface area (Å²) < 4.78 is 3.25. The Morgan fingerprint density at radius 2 is 1.97 bits per heavy atom. The van der Waals surface area contributed by atoms with Crippen LogP contribution in [0.3, 0.4) is 0 Å². The molecular formula is C20H20N6O3S. The minimum absolute atomic E-state index is 0.0483. The first-order valence-electron chi connectivity index (χ1n) is 9.42. The van der Waals surface area contributed by atoms with Crippen LogP contribution in [0.5, 0.6) is 0 Å². The molecular weight excluding hydrogens is 404 g/mol. The van der Waals surface area contributed by atoms with Crippen molar-refractivity contribution in [2.45, 2.75) is 25.5 Å². The van der Waals surface area contributed by atoms with Gasteiger partial charge in [-0.05, 0) is 29.5 Å². The van der Waals surface area contributed by atoms with Crippen molar-refractivity contribution < 1.29 is 4.79 Å². The topological polar surface area (TPSA) is 114 Å². The molecule has 0 unspecified atom stereocenters. The van der Waals surface area contributed by atoms with Crippen LogP contribution in [0.1, 0.15) is 13.8 Å². The largest absolute Gasteiger partial charge is 0.329 e. The number of thioether (sulfide) groups is 1. The summed E-state index contributed by atoms with van der Waals surface area (Å²) in [7, 11) is 0. The molecule has 0 radical (unpaired) electrons. The summed E-state index contributed by atoms with van der Waals surface area (Å²) in [6.45, 7) is 4.26. The van der Waals surface area contributed by atoms with E-state index in [2.05, 4.69) is 20.5 Å². The van der Waals surface area contributed by atoms with Crippen molar-refractivity contribution in [2.24, 2.45) is 5.92 Å². The number of rotatable bonds is 6. The lowest BCUT2D eigenvalue weighted by molar-refractivity contribution is -0.113. The normalized spacial score (nSPS) is 11.4. The number of pyridine rings is 1. The molecule has 0 fully saturated rings. The average molecular weight is 424 g/mol. The van der Waals surface area contributed by atoms with Crippen LogP contribution < -0.4 is 16.6 Å². The number of hydrogen-bond donors (Lipinski definition) is 2. The standard InChI is InChI=1S/C20H20N6O3S/c1-12(2)10-25-16(9-17(27)22-19(25)29)21-18(28)11-30-20-24-23-15-8-7-13-5-3-4-6-14(13)26(15)20/h3-9,12H,10-11H2,1-2H3,(H,21,28)(H,22,27,29). The maximum absolute atomic E-state index is 12.6. The van der Waals surface area contributed by atoms with Gasteiger partial charge in [0, 0.05) is 12.6 Å². The Morgan fingerprint density at radius 1 is 1.17 bits per heavy atom. The Hall–Kier alpha value is -3.40. The second-order valence-electron chi connectivity index (χ2n) is 7.23. The van der Waals surface area contributed by atoms with Crippen molar-refractivity contribution in [1.29, 1.82) is 0 Å². The quantitative estimate of drug-likeness (QED) is 0.458. The van der Waals surface area contributed by atoms with Gasteiger partial charge in [-0.15, -0.1) is 10.2 Å². The van der Waals surface area contributed by atoms with Gasteiger partial charge in [0.05, 0.1) is 11.3 Å². The van der Waals surface area contributed by atoms with Crippen molar-refractivity contribution >= 4 is 40.0 Å². The Kier molecular flexibility index (Phi) is 5.40. The van der Waals surface area contributed by atoms with Gasteiger partial charge < -0.3 is 5.32 Å². The lowest BCUT2D eigenvalue weighted by Crippen LogP contribution is -2.34. The summed E-state index contributed by atoms with van der Waals surface area (Å²) in [5.74, 6) is 0.0421. The highest BCUT2D eigenvalue weighted by molar-refractivity contribution is 7.99. The van der Waals surface area contributed by atoms with Crippen LogP contribution in [0.2, 0.25) is 0 Å². The Balaban J connectivity index is 1.56. The number of amides is 1. The second-order valence-corrected chi connectivity index (χ2v) is 8.18. The first-order valence-corrected chi connectivity index (χ1v) is 10.4. The zero-order chi connectivity index (χ0) is 21.3. The van der Waals surface area contributed by atoms with E-state index >= 15 is 0 Å². The van der Waals surface area contributed by atoms with Gasteiger partial charge in [0.15, 0.2) is 10.8 Å². The number of fused-ring (bicyclic) bond motifs is 3. The van der Waals surface area contributed by atoms with E-state index < -0.39 is 11.2 Å². The van der Waals surface area contributed by atoms with Crippen LogP contribution in [0, 0.1) is 5.92 Å². The molecule has 0 saturated carbocycles. The minimum Gasteiger partial charge on any atom is -0.311 e. The third-order valence-electron chi connectivity index (χ3n) is 4.43. The zero-order valence-corrected chi connectivity index (χ0v) is 17.3. The van der Waals surface area contributed by atoms with Crippen LogP contribution in [0.4, 0.5) is 5.82 Å². The molecule has 10 heteroatoms. The van der Waals surface area contributed by atoms with Gasteiger partial charge >= 0.3 is 5.69 Å². The number of anilines is 1. The van der Waals surface area contributed by atoms with Gasteiger partial charge in [-0.25, -0.2) is 4.79 Å². The van der Waals surface area contributed by atoms with Crippen molar-refractivity contribution in [3.05, 3.63) is 63.3 Å². The van der Waals surface area contributed by atoms with Gasteiger partial charge in [0.25, 0.3) is 5.56 Å². The van der Waals surface area contributed by atoms with Gasteiger partial charge in [-0.1, -0.05) is 43.8 Å². The van der Waals surface area contributed by atoms with Crippen molar-refractivity contribution in [1.82, 2.24) is 24.1 Å². The van der Waals surface area contributed by atoms with Crippen molar-refractivity contribution in [2.75, 3.05) is 11.1 Å². The van der Waals surface area contributed by atoms with Gasteiger partial charge in [0.2, 0.25) is 5.91 Å². The monoisotopic (exact) mass is 424 g/mol. The number of carbonyl (C=O) groups excluding carboxylic acids is 1. The molecule has 0 aliphatic heterocycles. The summed E-state index contributed by atoms with van der Waals surface area (Å²) in [6, 6.07) is 12.9. The maximum atomic E-state index is 12.6. The van der Waals surface area contributed by atoms with Crippen molar-refractivity contribution in [3.63, 3.8) is 0 Å². The highest BCUT2D eigenvalue weighted by atomic mass is 32.2. The molecule has 2 N–H and O–H groups in total. The lowest BCUT2D eigenvalue weighted by atomic mass is 10.2. The van der Waals surface area contributed by atoms with E-state index in [0.717, 1.165) is 10.9 Å². The first kappa shape index (κ1) is 19.9. The van der Waals surface area contributed by atoms with E-state index in [1.165, 1.54) is 22.4 Å². The molecule has 0 saturated heterocycles. The molecule has 0 aliphatic rings. The van der Waals surface area contributed by atoms with E-state index in [9.17, 15) is 14.4 Å². The van der Waals surface area contributed by atoms with Crippen LogP contribution in [0.25, 0.3) is 16.6 Å². The van der Waals surface area contributed by atoms with Crippen molar-refractivity contribution in [3.8, 4) is 0 Å². The molecule has 4 rings (SSSR count). The SMILES string of the molecule is CC(C)Cn1c(NC(=O)CSc2nnc3ccc4ccccc4n23)cc(=O)[nH]c1=O. The third kappa shape index (κ3) is 3.99. The molecule has 0 aliphatic carbocycles. The number of hydrogen-bond acceptors (Lipinski definition) is 6. The van der Waals surface area contributed by atoms with Gasteiger partial charge in [-0.3, -0.25) is 23.5 Å². The lowest BCUT2D eigenvalue weighted by Gasteiger charge is -2.14. The number of nitrogens with one attached hydrogen (secondary N) is 2. The number of para-hydroxylation sites is 1. The Labute approximate surface area is 175 Å². The second kappa shape index (κ2) is 8.15. The molecule has 0 atom stereocenters. The first-order chi connectivity index (χ1) is 14.4. The highest BCUT2D eigenvalue weighted by Crippen LogP contribution is 2.23. The maximum Gasteiger partial charge on any atom is 0.329 e. The number of carbonyl (C=O) groups is 1. The fraction of sp³-hybridized carbons (Fsp3) is 0.250. The van der Waals surface area contributed by atoms with E-state index in [1.807, 2.05) is 54.6 Å². The fourth-order valence-electron chi connectivity index (χ4n) is 3.19. The smallest absolute Gasteiger partial charge is 0.311 e. The predicted octanol–water partition coefficient (Wildman–Crippen LogP) is 2.12. The number of H-pyrrole nitrogens is 1. The molecule has 30 heavy (non-hydrogen) atoms. The van der Waals surface area contributed by atoms with Gasteiger partial charge in [-0.2, -0.15) is 0 Å². The summed E-state index contributed by atoms with van der Waals surface area (Å²) >= 11 is 1.23. The molecule has 1 amide bonds. The summed E-state index contributed by atoms with van der Waals surface area (Å²) in [4.78, 5) is 38.6. The van der Waals surface area contributed by atoms with E-state index in [4.69, 9.17) is 0 Å². The van der Waals surface area contributed by atoms with Crippen LogP contribution in [0.15, 0.2) is 57.2 Å². The number of aromatic nitrogens is 5. The third-order valence-corrected chi connectivity index (χ3v) is 5.36. The summed E-state index contributed by atoms with van der Waals surface area (Å²) in [6.07, 6.45) is 0. The van der Waals surface area contributed by atoms with Crippen LogP contribution in [-0.4, -0.2) is 35.8 Å². The molecule has 9 nitrogen and oxygen atoms in total. The number of benzene rings is 1. The fourth-order valence-corrected chi connectivity index (χ4v) is 3.94. The minimum atomic E-state index is -0.558. The number of nitrogens with zero attached hydrogens (tertiary/aromatic N) is 4. The zero-order valence-electron chi connectivity index (χ0n) is 16.5. The Morgan fingerprint density at radius 3 is 2.77 bits per heavy atom. The van der Waals surface area contributed by atoms with Crippen LogP contribution >= 0.6 is 11.8 Å². The summed E-state index contributed by atoms with van der Waals surface area (Å²) in [5, 5.41) is 12.7. The predicted molar refractivity (Wildman–Crippen MR) is 116 cm³/mol. The molecule has 1 aromatic carbocycles. The van der Waals surface area contributed by atoms with Crippen LogP contribution in [-0.2, 0) is 11.3 Å². The molecule has 3 aromatic heterocycles. The Bertz CT molecular complexity index is 1350. The molecule has 154 valence electrons. The van der Waals surface area contributed by atoms with E-state index in [1.54, 1.807) is 0 Å². The average Bonchev–Trinajstić information content (AvgIpc) is 3.12. The summed E-state index contributed by atoms with van der Waals surface area (Å²) in [5.41, 5.74) is 0.534. The molecule has 4 aromatic rings. The highest BCUT2D eigenvalue weighted by Gasteiger charge is 2.14. The molecule has 0 bridgehead atoms. The van der Waals surface area contributed by atoms with E-state index in [0.29, 0.717) is 17.3 Å². The van der Waals surface area contributed by atoms with E-state index in [-0.39, 0.29) is 23.4 Å². The number of aromatic amines is 1. The molecule has 0 spiro atoms. The molecule has 3 heterocycles. The van der Waals surface area contributed by atoms with Gasteiger partial charge in [0.1, 0.15) is 5.82 Å².